The zero-order chi connectivity index (χ0) is 12.1. The average Bonchev–Trinajstić information content (AvgIpc) is 2.10. The zero-order valence-corrected chi connectivity index (χ0v) is 8.21. The maximum atomic E-state index is 10.6. The fourth-order valence-electron chi connectivity index (χ4n) is 1.21. The van der Waals surface area contributed by atoms with Crippen molar-refractivity contribution >= 4 is 5.97 Å². The van der Waals surface area contributed by atoms with Crippen LogP contribution in [0.25, 0.3) is 0 Å². The second-order valence-electron chi connectivity index (χ2n) is 3.10. The summed E-state index contributed by atoms with van der Waals surface area (Å²) >= 11 is 0. The first-order chi connectivity index (χ1) is 6.86. The predicted molar refractivity (Wildman–Crippen MR) is 48.5 cm³/mol. The van der Waals surface area contributed by atoms with E-state index >= 15 is 0 Å². The largest absolute Gasteiger partial charge is 0.481 e. The first-order valence-electron chi connectivity index (χ1n) is 4.37. The van der Waals surface area contributed by atoms with Crippen molar-refractivity contribution in [2.75, 3.05) is 0 Å². The van der Waals surface area contributed by atoms with Crippen LogP contribution in [-0.2, 0) is 4.79 Å². The maximum Gasteiger partial charge on any atom is 0.458 e. The molecule has 15 heavy (non-hydrogen) atoms. The van der Waals surface area contributed by atoms with Crippen molar-refractivity contribution in [2.45, 2.75) is 38.3 Å². The molecule has 0 fully saturated rings. The molecule has 1 N–H and O–H groups in total. The third kappa shape index (κ3) is 3.15. The molecule has 0 saturated carbocycles. The molecule has 0 heterocycles. The lowest BCUT2D eigenvalue weighted by Crippen LogP contribution is -2.45. The van der Waals surface area contributed by atoms with E-state index in [9.17, 15) is 25.0 Å². The summed E-state index contributed by atoms with van der Waals surface area (Å²) in [5, 5.41) is 29.5. The van der Waals surface area contributed by atoms with E-state index in [0.717, 1.165) is 0 Å². The molecule has 0 radical (unpaired) electrons. The highest BCUT2D eigenvalue weighted by Crippen LogP contribution is 2.23. The molecule has 0 spiro atoms. The molecule has 0 amide bonds. The molecule has 0 saturated heterocycles. The van der Waals surface area contributed by atoms with Crippen molar-refractivity contribution in [3.05, 3.63) is 20.2 Å². The molecule has 0 atom stereocenters. The van der Waals surface area contributed by atoms with E-state index in [0.29, 0.717) is 0 Å². The van der Waals surface area contributed by atoms with Gasteiger partial charge in [0, 0.05) is 6.42 Å². The molecule has 0 rings (SSSR count). The van der Waals surface area contributed by atoms with E-state index in [2.05, 4.69) is 0 Å². The minimum absolute atomic E-state index is 0.0782. The number of carboxylic acid groups (broad SMARTS) is 1. The number of aliphatic carboxylic acids is 1. The minimum Gasteiger partial charge on any atom is -0.481 e. The predicted octanol–water partition coefficient (Wildman–Crippen LogP) is 0.901. The van der Waals surface area contributed by atoms with E-state index in [-0.39, 0.29) is 25.7 Å². The van der Waals surface area contributed by atoms with Gasteiger partial charge in [0.25, 0.3) is 0 Å². The van der Waals surface area contributed by atoms with Gasteiger partial charge in [-0.1, -0.05) is 6.92 Å². The van der Waals surface area contributed by atoms with Gasteiger partial charge in [-0.3, -0.25) is 25.0 Å². The number of hydrogen-bond acceptors (Lipinski definition) is 5. The Kier molecular flexibility index (Phi) is 4.62. The van der Waals surface area contributed by atoms with Gasteiger partial charge in [-0.15, -0.1) is 0 Å². The highest BCUT2D eigenvalue weighted by atomic mass is 16.7. The Bertz CT molecular complexity index is 263. The van der Waals surface area contributed by atoms with E-state index in [1.807, 2.05) is 0 Å². The van der Waals surface area contributed by atoms with Crippen molar-refractivity contribution in [3.63, 3.8) is 0 Å². The summed E-state index contributed by atoms with van der Waals surface area (Å²) in [6.07, 6.45) is -1.00. The summed E-state index contributed by atoms with van der Waals surface area (Å²) in [7, 11) is 0. The number of nitro groups is 2. The van der Waals surface area contributed by atoms with Gasteiger partial charge >= 0.3 is 11.6 Å². The van der Waals surface area contributed by atoms with Crippen molar-refractivity contribution in [2.24, 2.45) is 0 Å². The molecule has 0 aliphatic heterocycles. The lowest BCUT2D eigenvalue weighted by Gasteiger charge is -2.14. The highest BCUT2D eigenvalue weighted by molar-refractivity contribution is 5.66. The van der Waals surface area contributed by atoms with Crippen molar-refractivity contribution in [1.29, 1.82) is 0 Å². The second-order valence-corrected chi connectivity index (χ2v) is 3.10. The third-order valence-electron chi connectivity index (χ3n) is 2.21. The average molecular weight is 220 g/mol. The third-order valence-corrected chi connectivity index (χ3v) is 2.21. The molecule has 86 valence electrons. The molecule has 0 aliphatic carbocycles. The Balaban J connectivity index is 4.57. The second kappa shape index (κ2) is 5.23. The molecular formula is C7H12N2O6. The van der Waals surface area contributed by atoms with Gasteiger partial charge < -0.3 is 5.11 Å². The Morgan fingerprint density at radius 3 is 2.07 bits per heavy atom. The van der Waals surface area contributed by atoms with Crippen LogP contribution in [-0.4, -0.2) is 26.6 Å². The van der Waals surface area contributed by atoms with Gasteiger partial charge in [0.1, 0.15) is 0 Å². The van der Waals surface area contributed by atoms with Crippen LogP contribution in [0, 0.1) is 20.2 Å². The lowest BCUT2D eigenvalue weighted by molar-refractivity contribution is -0.798. The SMILES string of the molecule is CCC(CCCC(=O)O)([N+](=O)[O-])[N+](=O)[O-]. The number of rotatable bonds is 7. The summed E-state index contributed by atoms with van der Waals surface area (Å²) in [6.45, 7) is 1.34. The normalized spacial score (nSPS) is 11.0. The summed E-state index contributed by atoms with van der Waals surface area (Å²) in [4.78, 5) is 29.4. The van der Waals surface area contributed by atoms with Crippen LogP contribution in [0.1, 0.15) is 32.6 Å². The number of hydrogen-bond donors (Lipinski definition) is 1. The van der Waals surface area contributed by atoms with Crippen molar-refractivity contribution in [3.8, 4) is 0 Å². The highest BCUT2D eigenvalue weighted by Gasteiger charge is 2.53. The van der Waals surface area contributed by atoms with Gasteiger partial charge in [0.15, 0.2) is 0 Å². The molecule has 0 aromatic heterocycles. The number of carbonyl (C=O) groups is 1. The molecule has 8 heteroatoms. The van der Waals surface area contributed by atoms with Crippen LogP contribution in [0.3, 0.4) is 0 Å². The molecule has 0 aliphatic rings. The van der Waals surface area contributed by atoms with Crippen molar-refractivity contribution in [1.82, 2.24) is 0 Å². The van der Waals surface area contributed by atoms with Gasteiger partial charge in [-0.2, -0.15) is 0 Å². The first-order valence-corrected chi connectivity index (χ1v) is 4.37. The molecular weight excluding hydrogens is 208 g/mol. The fourth-order valence-corrected chi connectivity index (χ4v) is 1.21. The van der Waals surface area contributed by atoms with E-state index in [4.69, 9.17) is 5.11 Å². The zero-order valence-electron chi connectivity index (χ0n) is 8.21. The van der Waals surface area contributed by atoms with Crippen LogP contribution in [0.2, 0.25) is 0 Å². The molecule has 0 bridgehead atoms. The minimum atomic E-state index is -2.24. The van der Waals surface area contributed by atoms with Crippen LogP contribution >= 0.6 is 0 Å². The Labute approximate surface area is 85.2 Å². The van der Waals surface area contributed by atoms with Gasteiger partial charge in [-0.25, -0.2) is 0 Å². The van der Waals surface area contributed by atoms with Crippen LogP contribution < -0.4 is 0 Å². The lowest BCUT2D eigenvalue weighted by atomic mass is 10.0. The van der Waals surface area contributed by atoms with Gasteiger partial charge in [0.2, 0.25) is 0 Å². The van der Waals surface area contributed by atoms with Crippen molar-refractivity contribution < 1.29 is 19.7 Å². The Morgan fingerprint density at radius 2 is 1.80 bits per heavy atom. The van der Waals surface area contributed by atoms with E-state index in [1.54, 1.807) is 0 Å². The van der Waals surface area contributed by atoms with Crippen LogP contribution in [0.15, 0.2) is 0 Å². The molecule has 0 unspecified atom stereocenters. The standard InChI is InChI=1S/C7H12N2O6/c1-2-7(8(12)13,9(14)15)5-3-4-6(10)11/h2-5H2,1H3,(H,10,11). The van der Waals surface area contributed by atoms with E-state index < -0.39 is 21.5 Å². The van der Waals surface area contributed by atoms with Crippen LogP contribution in [0.5, 0.6) is 0 Å². The maximum absolute atomic E-state index is 10.6. The van der Waals surface area contributed by atoms with Gasteiger partial charge in [-0.05, 0) is 6.42 Å². The summed E-state index contributed by atoms with van der Waals surface area (Å²) in [5.74, 6) is -1.12. The van der Waals surface area contributed by atoms with E-state index in [1.165, 1.54) is 6.92 Å². The monoisotopic (exact) mass is 220 g/mol. The number of carboxylic acids is 1. The molecule has 0 aromatic carbocycles. The summed E-state index contributed by atoms with van der Waals surface area (Å²) in [6, 6.07) is 0. The molecule has 8 nitrogen and oxygen atoms in total. The molecule has 0 aromatic rings. The smallest absolute Gasteiger partial charge is 0.458 e. The van der Waals surface area contributed by atoms with Gasteiger partial charge in [0.05, 0.1) is 22.7 Å². The number of nitrogens with zero attached hydrogens (tertiary/aromatic N) is 2. The first kappa shape index (κ1) is 13.3. The summed E-state index contributed by atoms with van der Waals surface area (Å²) in [5.41, 5.74) is -2.24. The Morgan fingerprint density at radius 1 is 1.33 bits per heavy atom. The quantitative estimate of drug-likeness (QED) is 0.386. The topological polar surface area (TPSA) is 124 Å². The fraction of sp³-hybridized carbons (Fsp3) is 0.857. The Hall–Kier alpha value is -1.73. The summed E-state index contributed by atoms with van der Waals surface area (Å²) < 4.78 is 0. The van der Waals surface area contributed by atoms with Crippen LogP contribution in [0.4, 0.5) is 0 Å².